The number of hydrogen-bond donors (Lipinski definition) is 1. The highest BCUT2D eigenvalue weighted by Gasteiger charge is 2.20. The first kappa shape index (κ1) is 23.2. The van der Waals surface area contributed by atoms with E-state index in [0.29, 0.717) is 23.5 Å². The Morgan fingerprint density at radius 3 is 2.46 bits per heavy atom. The largest absolute Gasteiger partial charge is 0.323 e. The van der Waals surface area contributed by atoms with E-state index in [1.165, 1.54) is 36.2 Å². The molecule has 0 unspecified atom stereocenters. The molecule has 1 saturated carbocycles. The van der Waals surface area contributed by atoms with E-state index in [9.17, 15) is 8.42 Å². The zero-order valence-electron chi connectivity index (χ0n) is 19.6. The Balaban J connectivity index is 1.36. The lowest BCUT2D eigenvalue weighted by molar-refractivity contribution is 0.415. The van der Waals surface area contributed by atoms with Gasteiger partial charge in [0.15, 0.2) is 5.65 Å². The number of aromatic nitrogens is 6. The average Bonchev–Trinajstić information content (AvgIpc) is 3.08. The SMILES string of the molecule is CS(=O)(=O)N(Cc1ccncc1)c1ccc(Nc2ncc3cnn(C4CCCCCC4)c3n2)cn1. The molecule has 0 radical (unpaired) electrons. The van der Waals surface area contributed by atoms with Gasteiger partial charge in [-0.1, -0.05) is 25.7 Å². The molecule has 0 atom stereocenters. The highest BCUT2D eigenvalue weighted by atomic mass is 32.2. The maximum Gasteiger partial charge on any atom is 0.233 e. The highest BCUT2D eigenvalue weighted by Crippen LogP contribution is 2.29. The third-order valence-corrected chi connectivity index (χ3v) is 7.36. The van der Waals surface area contributed by atoms with Crippen molar-refractivity contribution in [2.45, 2.75) is 51.1 Å². The molecule has 1 aliphatic rings. The first-order valence-corrected chi connectivity index (χ1v) is 13.6. The first-order chi connectivity index (χ1) is 17.0. The Labute approximate surface area is 204 Å². The van der Waals surface area contributed by atoms with E-state index >= 15 is 0 Å². The van der Waals surface area contributed by atoms with Gasteiger partial charge in [-0.05, 0) is 42.7 Å². The molecule has 0 bridgehead atoms. The van der Waals surface area contributed by atoms with Crippen LogP contribution in [-0.2, 0) is 16.6 Å². The maximum atomic E-state index is 12.4. The molecular weight excluding hydrogens is 464 g/mol. The molecule has 1 fully saturated rings. The van der Waals surface area contributed by atoms with E-state index < -0.39 is 10.0 Å². The number of fused-ring (bicyclic) bond motifs is 1. The van der Waals surface area contributed by atoms with Crippen molar-refractivity contribution in [1.82, 2.24) is 29.7 Å². The second-order valence-corrected chi connectivity index (χ2v) is 10.8. The van der Waals surface area contributed by atoms with Gasteiger partial charge < -0.3 is 5.32 Å². The molecule has 4 aromatic rings. The van der Waals surface area contributed by atoms with Crippen LogP contribution in [0.25, 0.3) is 11.0 Å². The van der Waals surface area contributed by atoms with Gasteiger partial charge in [0, 0.05) is 18.6 Å². The predicted octanol–water partition coefficient (Wildman–Crippen LogP) is 4.22. The number of sulfonamides is 1. The van der Waals surface area contributed by atoms with Crippen LogP contribution in [0.5, 0.6) is 0 Å². The van der Waals surface area contributed by atoms with E-state index in [1.807, 2.05) is 10.9 Å². The third kappa shape index (κ3) is 5.40. The zero-order chi connectivity index (χ0) is 24.3. The van der Waals surface area contributed by atoms with Crippen LogP contribution >= 0.6 is 0 Å². The molecule has 4 heterocycles. The van der Waals surface area contributed by atoms with Crippen molar-refractivity contribution >= 4 is 38.5 Å². The van der Waals surface area contributed by atoms with Crippen LogP contribution in [0.3, 0.4) is 0 Å². The lowest BCUT2D eigenvalue weighted by atomic mass is 10.1. The Morgan fingerprint density at radius 2 is 1.77 bits per heavy atom. The van der Waals surface area contributed by atoms with Crippen molar-refractivity contribution in [3.63, 3.8) is 0 Å². The van der Waals surface area contributed by atoms with Crippen LogP contribution in [0.2, 0.25) is 0 Å². The second kappa shape index (κ2) is 9.95. The molecule has 11 heteroatoms. The van der Waals surface area contributed by atoms with Gasteiger partial charge in [0.1, 0.15) is 5.82 Å². The first-order valence-electron chi connectivity index (χ1n) is 11.8. The van der Waals surface area contributed by atoms with Gasteiger partial charge in [0.25, 0.3) is 0 Å². The Morgan fingerprint density at radius 1 is 1.00 bits per heavy atom. The Bertz CT molecular complexity index is 1380. The standard InChI is InChI=1S/C24H28N8O2S/c1-35(33,34)31(17-18-10-12-25-13-11-18)22-9-8-20(16-26-22)29-24-27-14-19-15-28-32(23(19)30-24)21-6-4-2-3-5-7-21/h8-16,21H,2-7,17H2,1H3,(H,27,29,30). The second-order valence-electron chi connectivity index (χ2n) is 8.86. The van der Waals surface area contributed by atoms with E-state index in [1.54, 1.807) is 49.1 Å². The minimum Gasteiger partial charge on any atom is -0.323 e. The van der Waals surface area contributed by atoms with Gasteiger partial charge in [-0.3, -0.25) is 4.98 Å². The van der Waals surface area contributed by atoms with Gasteiger partial charge in [-0.25, -0.2) is 27.4 Å². The molecule has 1 aliphatic carbocycles. The van der Waals surface area contributed by atoms with Gasteiger partial charge in [0.05, 0.1) is 42.3 Å². The van der Waals surface area contributed by atoms with E-state index in [2.05, 4.69) is 25.4 Å². The summed E-state index contributed by atoms with van der Waals surface area (Å²) in [4.78, 5) is 17.5. The summed E-state index contributed by atoms with van der Waals surface area (Å²) in [7, 11) is -3.53. The molecular formula is C24H28N8O2S. The van der Waals surface area contributed by atoms with Crippen LogP contribution in [-0.4, -0.2) is 44.4 Å². The van der Waals surface area contributed by atoms with Crippen LogP contribution in [0.15, 0.2) is 55.2 Å². The van der Waals surface area contributed by atoms with Crippen LogP contribution in [0, 0.1) is 0 Å². The van der Waals surface area contributed by atoms with Crippen molar-refractivity contribution < 1.29 is 8.42 Å². The number of hydrogen-bond acceptors (Lipinski definition) is 8. The van der Waals surface area contributed by atoms with E-state index in [0.717, 1.165) is 29.4 Å². The van der Waals surface area contributed by atoms with Crippen molar-refractivity contribution in [3.8, 4) is 0 Å². The minimum absolute atomic E-state index is 0.173. The van der Waals surface area contributed by atoms with Gasteiger partial charge >= 0.3 is 0 Å². The van der Waals surface area contributed by atoms with Crippen molar-refractivity contribution in [2.75, 3.05) is 15.9 Å². The quantitative estimate of drug-likeness (QED) is 0.381. The van der Waals surface area contributed by atoms with E-state index in [4.69, 9.17) is 4.98 Å². The smallest absolute Gasteiger partial charge is 0.233 e. The Hall–Kier alpha value is -3.60. The summed E-state index contributed by atoms with van der Waals surface area (Å²) < 4.78 is 28.1. The van der Waals surface area contributed by atoms with Crippen molar-refractivity contribution in [1.29, 1.82) is 0 Å². The summed E-state index contributed by atoms with van der Waals surface area (Å²) in [6, 6.07) is 7.35. The molecule has 182 valence electrons. The summed E-state index contributed by atoms with van der Waals surface area (Å²) in [5.41, 5.74) is 2.30. The number of rotatable bonds is 7. The summed E-state index contributed by atoms with van der Waals surface area (Å²) in [6.07, 6.45) is 16.8. The van der Waals surface area contributed by atoms with E-state index in [-0.39, 0.29) is 6.54 Å². The number of nitrogens with one attached hydrogen (secondary N) is 1. The van der Waals surface area contributed by atoms with Gasteiger partial charge in [-0.15, -0.1) is 0 Å². The number of anilines is 3. The van der Waals surface area contributed by atoms with Crippen molar-refractivity contribution in [3.05, 3.63) is 60.8 Å². The molecule has 4 aromatic heterocycles. The fourth-order valence-electron chi connectivity index (χ4n) is 4.42. The van der Waals surface area contributed by atoms with Crippen LogP contribution < -0.4 is 9.62 Å². The average molecular weight is 493 g/mol. The van der Waals surface area contributed by atoms with Crippen molar-refractivity contribution in [2.24, 2.45) is 0 Å². The Kier molecular flexibility index (Phi) is 6.58. The molecule has 0 saturated heterocycles. The van der Waals surface area contributed by atoms with Crippen LogP contribution in [0.4, 0.5) is 17.5 Å². The predicted molar refractivity (Wildman–Crippen MR) is 135 cm³/mol. The molecule has 5 rings (SSSR count). The third-order valence-electron chi connectivity index (χ3n) is 6.24. The fourth-order valence-corrected chi connectivity index (χ4v) is 5.26. The van der Waals surface area contributed by atoms with Crippen LogP contribution in [0.1, 0.15) is 50.1 Å². The molecule has 0 amide bonds. The topological polar surface area (TPSA) is 119 Å². The molecule has 0 aromatic carbocycles. The minimum atomic E-state index is -3.53. The summed E-state index contributed by atoms with van der Waals surface area (Å²) >= 11 is 0. The normalized spacial score (nSPS) is 15.1. The molecule has 35 heavy (non-hydrogen) atoms. The molecule has 10 nitrogen and oxygen atoms in total. The summed E-state index contributed by atoms with van der Waals surface area (Å²) in [5.74, 6) is 0.775. The lowest BCUT2D eigenvalue weighted by Crippen LogP contribution is -2.30. The van der Waals surface area contributed by atoms with Gasteiger partial charge in [-0.2, -0.15) is 10.1 Å². The highest BCUT2D eigenvalue weighted by molar-refractivity contribution is 7.92. The fraction of sp³-hybridized carbons (Fsp3) is 0.375. The maximum absolute atomic E-state index is 12.4. The molecule has 1 N–H and O–H groups in total. The zero-order valence-corrected chi connectivity index (χ0v) is 20.4. The number of pyridine rings is 2. The molecule has 0 aliphatic heterocycles. The summed E-state index contributed by atoms with van der Waals surface area (Å²) in [6.45, 7) is 0.173. The number of nitrogens with zero attached hydrogens (tertiary/aromatic N) is 7. The summed E-state index contributed by atoms with van der Waals surface area (Å²) in [5, 5.41) is 8.70. The van der Waals surface area contributed by atoms with Gasteiger partial charge in [0.2, 0.25) is 16.0 Å². The lowest BCUT2D eigenvalue weighted by Gasteiger charge is -2.21. The monoisotopic (exact) mass is 492 g/mol. The molecule has 0 spiro atoms.